The molecule has 0 N–H and O–H groups in total. The van der Waals surface area contributed by atoms with Gasteiger partial charge in [-0.3, -0.25) is 9.59 Å². The number of rotatable bonds is 7. The van der Waals surface area contributed by atoms with Crippen molar-refractivity contribution in [2.75, 3.05) is 13.6 Å². The molecule has 116 valence electrons. The van der Waals surface area contributed by atoms with Crippen molar-refractivity contribution in [3.8, 4) is 0 Å². The number of carbonyl (C=O) groups excluding carboxylic acids is 2. The third-order valence-corrected chi connectivity index (χ3v) is 3.68. The molecule has 0 unspecified atom stereocenters. The quantitative estimate of drug-likeness (QED) is 0.737. The molecule has 0 saturated heterocycles. The molecular weight excluding hydrogens is 276 g/mol. The number of hydrogen-bond acceptors (Lipinski definition) is 2. The summed E-state index contributed by atoms with van der Waals surface area (Å²) in [6.45, 7) is 3.04. The Morgan fingerprint density at radius 3 is 2.50 bits per heavy atom. The maximum Gasteiger partial charge on any atom is 0.242 e. The van der Waals surface area contributed by atoms with Crippen LogP contribution in [0.2, 0.25) is 0 Å². The number of nitrogens with zero attached hydrogens (tertiary/aromatic N) is 2. The molecule has 0 fully saturated rings. The maximum absolute atomic E-state index is 12.5. The van der Waals surface area contributed by atoms with Gasteiger partial charge in [0.1, 0.15) is 6.54 Å². The second kappa shape index (κ2) is 7.59. The van der Waals surface area contributed by atoms with Gasteiger partial charge in [-0.25, -0.2) is 0 Å². The first-order chi connectivity index (χ1) is 10.6. The zero-order chi connectivity index (χ0) is 15.9. The zero-order valence-electron chi connectivity index (χ0n) is 13.2. The van der Waals surface area contributed by atoms with Crippen LogP contribution in [0.4, 0.5) is 0 Å². The Balaban J connectivity index is 2.10. The average Bonchev–Trinajstić information content (AvgIpc) is 3.00. The summed E-state index contributed by atoms with van der Waals surface area (Å²) in [6, 6.07) is 12.7. The molecule has 0 spiro atoms. The molecule has 1 amide bonds. The molecule has 1 aromatic heterocycles. The lowest BCUT2D eigenvalue weighted by Gasteiger charge is -2.18. The number of unbranched alkanes of at least 4 members (excludes halogenated alkanes) is 1. The Kier molecular flexibility index (Phi) is 5.53. The van der Waals surface area contributed by atoms with Gasteiger partial charge in [0.05, 0.1) is 5.69 Å². The van der Waals surface area contributed by atoms with Crippen molar-refractivity contribution >= 4 is 11.7 Å². The molecular formula is C18H22N2O2. The lowest BCUT2D eigenvalue weighted by Crippen LogP contribution is -2.31. The molecule has 0 atom stereocenters. The van der Waals surface area contributed by atoms with E-state index in [-0.39, 0.29) is 18.2 Å². The summed E-state index contributed by atoms with van der Waals surface area (Å²) in [5.41, 5.74) is 1.18. The summed E-state index contributed by atoms with van der Waals surface area (Å²) in [7, 11) is 1.81. The second-order valence-electron chi connectivity index (χ2n) is 5.39. The number of hydrogen-bond donors (Lipinski definition) is 0. The largest absolute Gasteiger partial charge is 0.344 e. The first-order valence-electron chi connectivity index (χ1n) is 7.62. The van der Waals surface area contributed by atoms with E-state index >= 15 is 0 Å². The van der Waals surface area contributed by atoms with Crippen molar-refractivity contribution in [2.45, 2.75) is 26.3 Å². The highest BCUT2D eigenvalue weighted by Gasteiger charge is 2.16. The molecule has 4 nitrogen and oxygen atoms in total. The fourth-order valence-electron chi connectivity index (χ4n) is 2.28. The predicted molar refractivity (Wildman–Crippen MR) is 86.9 cm³/mol. The summed E-state index contributed by atoms with van der Waals surface area (Å²) in [5.74, 6) is -0.0404. The number of ketones is 1. The van der Waals surface area contributed by atoms with Gasteiger partial charge >= 0.3 is 0 Å². The predicted octanol–water partition coefficient (Wildman–Crippen LogP) is 2.98. The van der Waals surface area contributed by atoms with Gasteiger partial charge in [-0.2, -0.15) is 0 Å². The van der Waals surface area contributed by atoms with Crippen molar-refractivity contribution < 1.29 is 9.59 Å². The molecule has 0 bridgehead atoms. The lowest BCUT2D eigenvalue weighted by molar-refractivity contribution is -0.130. The van der Waals surface area contributed by atoms with Gasteiger partial charge in [0.2, 0.25) is 11.7 Å². The number of likely N-dealkylation sites (N-methyl/N-ethyl adjacent to an activating group) is 1. The van der Waals surface area contributed by atoms with E-state index in [1.807, 2.05) is 18.2 Å². The average molecular weight is 298 g/mol. The molecule has 22 heavy (non-hydrogen) atoms. The van der Waals surface area contributed by atoms with E-state index in [0.717, 1.165) is 19.4 Å². The van der Waals surface area contributed by atoms with E-state index in [1.165, 1.54) is 0 Å². The summed E-state index contributed by atoms with van der Waals surface area (Å²) in [6.07, 6.45) is 3.82. The monoisotopic (exact) mass is 298 g/mol. The molecule has 0 aliphatic heterocycles. The molecule has 1 aromatic carbocycles. The van der Waals surface area contributed by atoms with Gasteiger partial charge in [0.15, 0.2) is 0 Å². The van der Waals surface area contributed by atoms with Crippen molar-refractivity contribution in [3.05, 3.63) is 59.9 Å². The summed E-state index contributed by atoms with van der Waals surface area (Å²) >= 11 is 0. The molecule has 0 radical (unpaired) electrons. The van der Waals surface area contributed by atoms with Gasteiger partial charge in [0.25, 0.3) is 0 Å². The van der Waals surface area contributed by atoms with Crippen LogP contribution in [-0.2, 0) is 11.3 Å². The third-order valence-electron chi connectivity index (χ3n) is 3.68. The normalized spacial score (nSPS) is 10.5. The number of amides is 1. The fourth-order valence-corrected chi connectivity index (χ4v) is 2.28. The van der Waals surface area contributed by atoms with E-state index in [0.29, 0.717) is 11.3 Å². The van der Waals surface area contributed by atoms with E-state index < -0.39 is 0 Å². The van der Waals surface area contributed by atoms with Crippen LogP contribution in [0.5, 0.6) is 0 Å². The molecule has 0 saturated carbocycles. The van der Waals surface area contributed by atoms with Crippen LogP contribution in [-0.4, -0.2) is 34.7 Å². The Hall–Kier alpha value is -2.36. The van der Waals surface area contributed by atoms with Gasteiger partial charge in [0, 0.05) is 25.4 Å². The lowest BCUT2D eigenvalue weighted by atomic mass is 10.1. The summed E-state index contributed by atoms with van der Waals surface area (Å²) in [5, 5.41) is 0. The van der Waals surface area contributed by atoms with Crippen molar-refractivity contribution in [1.29, 1.82) is 0 Å². The third kappa shape index (κ3) is 3.85. The highest BCUT2D eigenvalue weighted by atomic mass is 16.2. The van der Waals surface area contributed by atoms with Crippen LogP contribution >= 0.6 is 0 Å². The van der Waals surface area contributed by atoms with Crippen LogP contribution in [0.15, 0.2) is 48.7 Å². The van der Waals surface area contributed by atoms with Crippen LogP contribution in [0, 0.1) is 0 Å². The molecule has 0 aliphatic carbocycles. The fraction of sp³-hybridized carbons (Fsp3) is 0.333. The Bertz CT molecular complexity index is 632. The molecule has 4 heteroatoms. The minimum Gasteiger partial charge on any atom is -0.344 e. The second-order valence-corrected chi connectivity index (χ2v) is 5.39. The highest BCUT2D eigenvalue weighted by molar-refractivity contribution is 6.08. The topological polar surface area (TPSA) is 42.3 Å². The van der Waals surface area contributed by atoms with Crippen LogP contribution in [0.1, 0.15) is 35.8 Å². The minimum absolute atomic E-state index is 0.0201. The Morgan fingerprint density at radius 2 is 1.82 bits per heavy atom. The number of benzene rings is 1. The van der Waals surface area contributed by atoms with Crippen LogP contribution in [0.3, 0.4) is 0 Å². The molecule has 0 aliphatic rings. The van der Waals surface area contributed by atoms with Crippen LogP contribution < -0.4 is 0 Å². The molecule has 2 rings (SSSR count). The van der Waals surface area contributed by atoms with E-state index in [2.05, 4.69) is 6.92 Å². The smallest absolute Gasteiger partial charge is 0.242 e. The summed E-state index contributed by atoms with van der Waals surface area (Å²) < 4.78 is 1.72. The van der Waals surface area contributed by atoms with E-state index in [4.69, 9.17) is 0 Å². The Morgan fingerprint density at radius 1 is 1.09 bits per heavy atom. The van der Waals surface area contributed by atoms with E-state index in [1.54, 1.807) is 47.0 Å². The van der Waals surface area contributed by atoms with Gasteiger partial charge in [-0.05, 0) is 18.6 Å². The van der Waals surface area contributed by atoms with Gasteiger partial charge in [-0.1, -0.05) is 43.7 Å². The number of carbonyl (C=O) groups is 2. The SMILES string of the molecule is CCCCN(C)C(=O)Cn1cccc1C(=O)c1ccccc1. The maximum atomic E-state index is 12.5. The van der Waals surface area contributed by atoms with Gasteiger partial charge in [-0.15, -0.1) is 0 Å². The highest BCUT2D eigenvalue weighted by Crippen LogP contribution is 2.11. The first-order valence-corrected chi connectivity index (χ1v) is 7.62. The molecule has 1 heterocycles. The Labute approximate surface area is 131 Å². The summed E-state index contributed by atoms with van der Waals surface area (Å²) in [4.78, 5) is 26.4. The standard InChI is InChI=1S/C18H22N2O2/c1-3-4-12-19(2)17(21)14-20-13-8-11-16(20)18(22)15-9-6-5-7-10-15/h5-11,13H,3-4,12,14H2,1-2H3. The first kappa shape index (κ1) is 16.0. The number of aromatic nitrogens is 1. The van der Waals surface area contributed by atoms with Crippen molar-refractivity contribution in [3.63, 3.8) is 0 Å². The van der Waals surface area contributed by atoms with E-state index in [9.17, 15) is 9.59 Å². The van der Waals surface area contributed by atoms with Crippen molar-refractivity contribution in [1.82, 2.24) is 9.47 Å². The van der Waals surface area contributed by atoms with Crippen LogP contribution in [0.25, 0.3) is 0 Å². The van der Waals surface area contributed by atoms with Crippen molar-refractivity contribution in [2.24, 2.45) is 0 Å². The molecule has 2 aromatic rings. The minimum atomic E-state index is -0.0605. The zero-order valence-corrected chi connectivity index (χ0v) is 13.2. The van der Waals surface area contributed by atoms with Gasteiger partial charge < -0.3 is 9.47 Å².